The van der Waals surface area contributed by atoms with Gasteiger partial charge in [-0.1, -0.05) is 112 Å². The number of hydrogen-bond acceptors (Lipinski definition) is 4. The Morgan fingerprint density at radius 2 is 0.855 bits per heavy atom. The fourth-order valence-electron chi connectivity index (χ4n) is 11.8. The van der Waals surface area contributed by atoms with E-state index in [2.05, 4.69) is 344 Å². The van der Waals surface area contributed by atoms with Crippen molar-refractivity contribution in [3.63, 3.8) is 0 Å². The van der Waals surface area contributed by atoms with E-state index < -0.39 is 0 Å². The Hall–Kier alpha value is -9.87. The fourth-order valence-corrected chi connectivity index (χ4v) is 12.9. The van der Waals surface area contributed by atoms with Crippen LogP contribution in [0.2, 0.25) is 0 Å². The molecule has 83 heavy (non-hydrogen) atoms. The number of pyridine rings is 1. The molecule has 0 unspecified atom stereocenters. The molecule has 0 saturated heterocycles. The fraction of sp³-hybridized carbons (Fsp3) is 0.0526. The van der Waals surface area contributed by atoms with Crippen LogP contribution >= 0.6 is 0 Å². The van der Waals surface area contributed by atoms with Gasteiger partial charge in [-0.15, -0.1) is 0 Å². The molecule has 13 aromatic rings. The van der Waals surface area contributed by atoms with Gasteiger partial charge in [0.25, 0.3) is 0 Å². The van der Waals surface area contributed by atoms with Crippen LogP contribution in [0, 0.1) is 3.80 Å². The maximum atomic E-state index is 7.23. The van der Waals surface area contributed by atoms with Crippen molar-refractivity contribution in [2.24, 2.45) is 0 Å². The van der Waals surface area contributed by atoms with Gasteiger partial charge in [0.15, 0.2) is 0 Å². The van der Waals surface area contributed by atoms with E-state index in [1.807, 2.05) is 6.20 Å². The molecule has 11 aromatic carbocycles. The zero-order valence-corrected chi connectivity index (χ0v) is 48.4. The van der Waals surface area contributed by atoms with Crippen LogP contribution in [0.15, 0.2) is 291 Å². The average molecular weight is 1250 g/mol. The number of anilines is 6. The number of benzene rings is 11. The summed E-state index contributed by atoms with van der Waals surface area (Å²) in [6.07, 6.45) is 1.95. The minimum absolute atomic E-state index is 0.148. The van der Waals surface area contributed by atoms with Crippen molar-refractivity contribution < 1.29 is 24.1 Å². The van der Waals surface area contributed by atoms with Gasteiger partial charge in [-0.3, -0.25) is 0 Å². The Bertz CT molecular complexity index is 4550. The zero-order valence-electron chi connectivity index (χ0n) is 46.2. The third-order valence-corrected chi connectivity index (χ3v) is 16.7. The molecule has 1 aliphatic rings. The number of aromatic nitrogens is 3. The number of imidazole rings is 1. The molecule has 0 fully saturated rings. The van der Waals surface area contributed by atoms with Gasteiger partial charge in [0.1, 0.15) is 0 Å². The standard InChI is InChI=1S/C76H57N5O.Pt/c1-76(2,3)57-46-47-77-74(49-57)81-69-39-19-17-35-65(69)64-34-16-18-38-68(64)80(58-30-14-7-15-31-58)70-45-42-56(53-24-8-4-9-25-53)48-67(70)66-44-43-61(51-73(66)81)82-60-33-22-32-59(50-60)78-52-79(72-41-21-20-40-71(72)78)75-62(54-26-10-5-11-27-54)36-23-37-63(75)55-28-12-6-13-29-55;/h4-51H,1-3H3;. The number of nitrogens with zero attached hydrogens (tertiary/aromatic N) is 5. The number of ether oxygens (including phenoxy) is 1. The van der Waals surface area contributed by atoms with Crippen LogP contribution in [0.1, 0.15) is 26.3 Å². The molecular weight excluding hydrogens is 1190 g/mol. The topological polar surface area (TPSA) is 38.5 Å². The second kappa shape index (κ2) is 21.5. The van der Waals surface area contributed by atoms with Crippen molar-refractivity contribution in [2.45, 2.75) is 26.2 Å². The monoisotopic (exact) mass is 1250 g/mol. The molecule has 7 heteroatoms. The minimum atomic E-state index is -0.148. The predicted octanol–water partition coefficient (Wildman–Crippen LogP) is 20.6. The Morgan fingerprint density at radius 3 is 1.51 bits per heavy atom. The summed E-state index contributed by atoms with van der Waals surface area (Å²) in [5.74, 6) is 2.18. The van der Waals surface area contributed by atoms with Crippen molar-refractivity contribution in [3.8, 4) is 78.5 Å². The van der Waals surface area contributed by atoms with Gasteiger partial charge >= 0.3 is 306 Å². The van der Waals surface area contributed by atoms with E-state index in [1.165, 1.54) is 5.56 Å². The SMILES string of the molecule is CC(C)(C)c1ccnc(N2c3ccccc3-c3ccccc3N(c3ccccc3)c3ccc(-c4ccccc4)cc3-c3ccc(Oc4cccc(-n5[c](=[Pt])n(-c6c(-c7ccccc7)cccc6-c6ccccc6)c6ccccc65)c4)cc32)c1. The quantitative estimate of drug-likeness (QED) is 0.144. The van der Waals surface area contributed by atoms with E-state index in [9.17, 15) is 0 Å². The summed E-state index contributed by atoms with van der Waals surface area (Å²) in [7, 11) is 0. The van der Waals surface area contributed by atoms with Gasteiger partial charge in [-0.05, 0) is 52.4 Å². The van der Waals surface area contributed by atoms with Gasteiger partial charge in [0.05, 0.1) is 5.69 Å². The molecule has 0 atom stereocenters. The first-order valence-corrected chi connectivity index (χ1v) is 29.2. The van der Waals surface area contributed by atoms with Crippen LogP contribution in [0.5, 0.6) is 11.5 Å². The Balaban J connectivity index is 0.981. The van der Waals surface area contributed by atoms with E-state index in [0.29, 0.717) is 11.5 Å². The Kier molecular flexibility index (Phi) is 13.3. The number of hydrogen-bond donors (Lipinski definition) is 0. The first kappa shape index (κ1) is 51.3. The van der Waals surface area contributed by atoms with Crippen LogP contribution in [-0.4, -0.2) is 14.1 Å². The van der Waals surface area contributed by atoms with E-state index in [0.717, 1.165) is 116 Å². The summed E-state index contributed by atoms with van der Waals surface area (Å²) in [6, 6.07) is 102. The summed E-state index contributed by atoms with van der Waals surface area (Å²) >= 11 is 2.52. The number of fused-ring (bicyclic) bond motifs is 7. The molecule has 0 bridgehead atoms. The van der Waals surface area contributed by atoms with Gasteiger partial charge in [0.2, 0.25) is 0 Å². The van der Waals surface area contributed by atoms with Crippen LogP contribution in [0.4, 0.5) is 34.3 Å². The molecule has 1 aliphatic heterocycles. The molecule has 0 amide bonds. The molecule has 14 rings (SSSR count). The second-order valence-electron chi connectivity index (χ2n) is 21.9. The van der Waals surface area contributed by atoms with E-state index in [-0.39, 0.29) is 5.41 Å². The third-order valence-electron chi connectivity index (χ3n) is 15.7. The summed E-state index contributed by atoms with van der Waals surface area (Å²) in [6.45, 7) is 6.78. The predicted molar refractivity (Wildman–Crippen MR) is 339 cm³/mol. The summed E-state index contributed by atoms with van der Waals surface area (Å²) < 4.78 is 13.0. The molecule has 0 spiro atoms. The maximum absolute atomic E-state index is 7.23. The van der Waals surface area contributed by atoms with Crippen LogP contribution in [0.25, 0.3) is 78.0 Å². The first-order chi connectivity index (χ1) is 40.7. The molecule has 2 aromatic heterocycles. The first-order valence-electron chi connectivity index (χ1n) is 28.1. The molecule has 6 nitrogen and oxygen atoms in total. The summed E-state index contributed by atoms with van der Waals surface area (Å²) in [4.78, 5) is 10.0. The van der Waals surface area contributed by atoms with Gasteiger partial charge in [0, 0.05) is 17.4 Å². The number of para-hydroxylation sites is 6. The molecule has 0 saturated carbocycles. The van der Waals surface area contributed by atoms with Crippen molar-refractivity contribution in [1.29, 1.82) is 0 Å². The van der Waals surface area contributed by atoms with Gasteiger partial charge < -0.3 is 4.90 Å². The molecule has 402 valence electrons. The molecule has 0 aliphatic carbocycles. The average Bonchev–Trinajstić information content (AvgIpc) is 3.60. The van der Waals surface area contributed by atoms with Gasteiger partial charge in [-0.25, -0.2) is 0 Å². The Morgan fingerprint density at radius 1 is 0.349 bits per heavy atom. The van der Waals surface area contributed by atoms with Crippen LogP contribution < -0.4 is 14.5 Å². The summed E-state index contributed by atoms with van der Waals surface area (Å²) in [5, 5.41) is 0. The third kappa shape index (κ3) is 9.51. The normalized spacial score (nSPS) is 12.1. The number of rotatable bonds is 9. The van der Waals surface area contributed by atoms with Gasteiger partial charge in [-0.2, -0.15) is 0 Å². The second-order valence-corrected chi connectivity index (χ2v) is 22.9. The van der Waals surface area contributed by atoms with Crippen LogP contribution in [0.3, 0.4) is 0 Å². The van der Waals surface area contributed by atoms with Crippen molar-refractivity contribution in [1.82, 2.24) is 14.1 Å². The zero-order chi connectivity index (χ0) is 56.0. The van der Waals surface area contributed by atoms with Crippen molar-refractivity contribution in [3.05, 3.63) is 301 Å². The van der Waals surface area contributed by atoms with E-state index >= 15 is 0 Å². The molecule has 0 N–H and O–H groups in total. The molecule has 0 radical (unpaired) electrons. The van der Waals surface area contributed by atoms with Crippen LogP contribution in [-0.2, 0) is 24.8 Å². The van der Waals surface area contributed by atoms with Crippen molar-refractivity contribution >= 4 is 45.3 Å². The van der Waals surface area contributed by atoms with Crippen molar-refractivity contribution in [2.75, 3.05) is 9.80 Å². The Labute approximate surface area is 495 Å². The van der Waals surface area contributed by atoms with E-state index in [4.69, 9.17) is 9.72 Å². The van der Waals surface area contributed by atoms with E-state index in [1.54, 1.807) is 0 Å². The summed E-state index contributed by atoms with van der Waals surface area (Å²) in [5.41, 5.74) is 21.4. The molecular formula is C76H57N5OPt. The molecule has 3 heterocycles.